The van der Waals surface area contributed by atoms with E-state index in [4.69, 9.17) is 0 Å². The Labute approximate surface area is 166 Å². The molecule has 1 aromatic rings. The maximum absolute atomic E-state index is 13.5. The van der Waals surface area contributed by atoms with E-state index >= 15 is 0 Å². The highest BCUT2D eigenvalue weighted by atomic mass is 16.2. The molecule has 27 heavy (non-hydrogen) atoms. The molecule has 1 aliphatic rings. The predicted molar refractivity (Wildman–Crippen MR) is 113 cm³/mol. The Morgan fingerprint density at radius 2 is 1.78 bits per heavy atom. The highest BCUT2D eigenvalue weighted by Gasteiger charge is 2.42. The van der Waals surface area contributed by atoms with E-state index in [1.165, 1.54) is 6.42 Å². The second-order valence-electron chi connectivity index (χ2n) is 8.70. The Morgan fingerprint density at radius 1 is 1.15 bits per heavy atom. The van der Waals surface area contributed by atoms with Crippen molar-refractivity contribution in [1.29, 1.82) is 0 Å². The van der Waals surface area contributed by atoms with Crippen LogP contribution in [-0.4, -0.2) is 34.8 Å². The quantitative estimate of drug-likeness (QED) is 0.680. The van der Waals surface area contributed by atoms with Crippen molar-refractivity contribution < 1.29 is 11.0 Å². The minimum absolute atomic E-state index is 0. The Morgan fingerprint density at radius 3 is 2.33 bits per heavy atom. The molecule has 0 radical (unpaired) electrons. The third kappa shape index (κ3) is 5.82. The van der Waals surface area contributed by atoms with E-state index in [0.29, 0.717) is 12.1 Å². The average molecular weight is 375 g/mol. The highest BCUT2D eigenvalue weighted by molar-refractivity contribution is 5.98. The lowest BCUT2D eigenvalue weighted by molar-refractivity contribution is -0.130. The van der Waals surface area contributed by atoms with Crippen LogP contribution in [0.5, 0.6) is 0 Å². The van der Waals surface area contributed by atoms with Gasteiger partial charge in [0.2, 0.25) is 5.91 Å². The lowest BCUT2D eigenvalue weighted by Crippen LogP contribution is -2.60. The molecule has 4 nitrogen and oxygen atoms in total. The summed E-state index contributed by atoms with van der Waals surface area (Å²) in [6.45, 7) is 8.89. The molecule has 1 fully saturated rings. The van der Waals surface area contributed by atoms with Crippen molar-refractivity contribution in [3.63, 3.8) is 0 Å². The first-order valence-electron chi connectivity index (χ1n) is 10.5. The van der Waals surface area contributed by atoms with Gasteiger partial charge in [-0.3, -0.25) is 9.59 Å². The smallest absolute Gasteiger partial charge is 0.254 e. The van der Waals surface area contributed by atoms with Crippen LogP contribution in [0.15, 0.2) is 30.3 Å². The fourth-order valence-corrected chi connectivity index (χ4v) is 4.05. The molecular formula is C23H38N2O2. The third-order valence-corrected chi connectivity index (χ3v) is 5.43. The van der Waals surface area contributed by atoms with Crippen molar-refractivity contribution in [2.75, 3.05) is 6.54 Å². The number of hydrogen-bond donors (Lipinski definition) is 1. The van der Waals surface area contributed by atoms with Crippen LogP contribution in [0.25, 0.3) is 0 Å². The molecule has 1 aliphatic carbocycles. The monoisotopic (exact) mass is 374 g/mol. The van der Waals surface area contributed by atoms with Crippen molar-refractivity contribution in [3.05, 3.63) is 35.9 Å². The molecule has 0 bridgehead atoms. The number of carbonyl (C=O) groups is 2. The molecule has 1 saturated carbocycles. The molecule has 0 saturated heterocycles. The van der Waals surface area contributed by atoms with Crippen molar-refractivity contribution in [1.82, 2.24) is 10.2 Å². The van der Waals surface area contributed by atoms with Crippen molar-refractivity contribution in [2.24, 2.45) is 5.92 Å². The second-order valence-corrected chi connectivity index (χ2v) is 8.70. The van der Waals surface area contributed by atoms with Crippen LogP contribution in [0, 0.1) is 5.92 Å². The zero-order valence-corrected chi connectivity index (χ0v) is 17.5. The molecule has 1 N–H and O–H groups in total. The zero-order valence-electron chi connectivity index (χ0n) is 17.5. The fraction of sp³-hybridized carbons (Fsp3) is 0.652. The molecule has 0 aromatic heterocycles. The van der Waals surface area contributed by atoms with E-state index in [0.717, 1.165) is 38.5 Å². The summed E-state index contributed by atoms with van der Waals surface area (Å²) >= 11 is 0. The van der Waals surface area contributed by atoms with Crippen LogP contribution >= 0.6 is 0 Å². The number of amides is 2. The molecule has 1 unspecified atom stereocenters. The van der Waals surface area contributed by atoms with Gasteiger partial charge in [0, 0.05) is 19.1 Å². The summed E-state index contributed by atoms with van der Waals surface area (Å²) in [6.07, 6.45) is 7.54. The van der Waals surface area contributed by atoms with Gasteiger partial charge in [-0.2, -0.15) is 0 Å². The predicted octanol–water partition coefficient (Wildman–Crippen LogP) is 5.04. The normalized spacial score (nSPS) is 16.6. The summed E-state index contributed by atoms with van der Waals surface area (Å²) in [5.74, 6) is 0.186. The first-order valence-corrected chi connectivity index (χ1v) is 10.5. The summed E-state index contributed by atoms with van der Waals surface area (Å²) < 4.78 is 0. The summed E-state index contributed by atoms with van der Waals surface area (Å²) in [7, 11) is 0. The standard InChI is InChI=1S/C23H36N2O2.H2/c1-5-6-17-24-21(26)20(18-13-9-7-10-14-18)25(23(2,3)4)22(27)19-15-11-8-12-16-19;/h8,11-12,15-16,18,20H,5-7,9-10,13-14,17H2,1-4H3,(H,24,26);1H. The number of rotatable bonds is 7. The van der Waals surface area contributed by atoms with E-state index in [1.807, 2.05) is 56.0 Å². The number of nitrogens with zero attached hydrogens (tertiary/aromatic N) is 1. The summed E-state index contributed by atoms with van der Waals surface area (Å²) in [5, 5.41) is 3.11. The number of carbonyl (C=O) groups excluding carboxylic acids is 2. The molecule has 0 spiro atoms. The molecule has 1 atom stereocenters. The van der Waals surface area contributed by atoms with E-state index in [9.17, 15) is 9.59 Å². The van der Waals surface area contributed by atoms with Gasteiger partial charge in [-0.15, -0.1) is 0 Å². The Hall–Kier alpha value is -1.84. The van der Waals surface area contributed by atoms with Gasteiger partial charge in [-0.05, 0) is 58.1 Å². The largest absolute Gasteiger partial charge is 0.354 e. The van der Waals surface area contributed by atoms with Crippen LogP contribution in [0.4, 0.5) is 0 Å². The Balaban J connectivity index is 0.00000392. The summed E-state index contributed by atoms with van der Waals surface area (Å²) in [4.78, 5) is 28.5. The molecule has 1 aromatic carbocycles. The van der Waals surface area contributed by atoms with Crippen LogP contribution in [0.1, 0.15) is 84.4 Å². The van der Waals surface area contributed by atoms with Crippen LogP contribution in [-0.2, 0) is 4.79 Å². The van der Waals surface area contributed by atoms with Crippen LogP contribution in [0.2, 0.25) is 0 Å². The fourth-order valence-electron chi connectivity index (χ4n) is 4.05. The van der Waals surface area contributed by atoms with Gasteiger partial charge in [0.25, 0.3) is 5.91 Å². The second kappa shape index (κ2) is 9.91. The summed E-state index contributed by atoms with van der Waals surface area (Å²) in [5.41, 5.74) is 0.214. The van der Waals surface area contributed by atoms with Gasteiger partial charge in [0.15, 0.2) is 0 Å². The van der Waals surface area contributed by atoms with Gasteiger partial charge in [-0.1, -0.05) is 50.8 Å². The number of hydrogen-bond acceptors (Lipinski definition) is 2. The Kier molecular flexibility index (Phi) is 7.88. The van der Waals surface area contributed by atoms with Crippen LogP contribution in [0.3, 0.4) is 0 Å². The molecule has 0 heterocycles. The van der Waals surface area contributed by atoms with Gasteiger partial charge in [0.1, 0.15) is 6.04 Å². The van der Waals surface area contributed by atoms with E-state index < -0.39 is 11.6 Å². The zero-order chi connectivity index (χ0) is 19.9. The SMILES string of the molecule is CCCCNC(=O)C(C1CCCCC1)N(C(=O)c1ccccc1)C(C)(C)C.[HH]. The molecule has 152 valence electrons. The van der Waals surface area contributed by atoms with E-state index in [2.05, 4.69) is 12.2 Å². The minimum atomic E-state index is -0.433. The first-order chi connectivity index (χ1) is 12.9. The molecule has 0 aliphatic heterocycles. The van der Waals surface area contributed by atoms with E-state index in [-0.39, 0.29) is 19.2 Å². The van der Waals surface area contributed by atoms with Crippen molar-refractivity contribution >= 4 is 11.8 Å². The van der Waals surface area contributed by atoms with E-state index in [1.54, 1.807) is 0 Å². The lowest BCUT2D eigenvalue weighted by atomic mass is 9.81. The average Bonchev–Trinajstić information content (AvgIpc) is 2.66. The number of benzene rings is 1. The van der Waals surface area contributed by atoms with Crippen molar-refractivity contribution in [3.8, 4) is 0 Å². The third-order valence-electron chi connectivity index (χ3n) is 5.43. The van der Waals surface area contributed by atoms with Gasteiger partial charge in [0.05, 0.1) is 0 Å². The van der Waals surface area contributed by atoms with Gasteiger partial charge < -0.3 is 10.2 Å². The maximum Gasteiger partial charge on any atom is 0.254 e. The Bertz CT molecular complexity index is 607. The van der Waals surface area contributed by atoms with Crippen molar-refractivity contribution in [2.45, 2.75) is 84.2 Å². The molecular weight excluding hydrogens is 336 g/mol. The minimum Gasteiger partial charge on any atom is -0.354 e. The maximum atomic E-state index is 13.5. The van der Waals surface area contributed by atoms with Gasteiger partial charge >= 0.3 is 0 Å². The first kappa shape index (κ1) is 21.5. The molecule has 4 heteroatoms. The summed E-state index contributed by atoms with van der Waals surface area (Å²) in [6, 6.07) is 8.95. The topological polar surface area (TPSA) is 49.4 Å². The number of unbranched alkanes of at least 4 members (excludes halogenated alkanes) is 1. The van der Waals surface area contributed by atoms with Gasteiger partial charge in [-0.25, -0.2) is 0 Å². The number of nitrogens with one attached hydrogen (secondary N) is 1. The van der Waals surface area contributed by atoms with Crippen LogP contribution < -0.4 is 5.32 Å². The molecule has 2 rings (SSSR count). The lowest BCUT2D eigenvalue weighted by Gasteiger charge is -2.45. The highest BCUT2D eigenvalue weighted by Crippen LogP contribution is 2.33. The molecule has 2 amide bonds.